The van der Waals surface area contributed by atoms with E-state index in [0.717, 1.165) is 5.56 Å². The van der Waals surface area contributed by atoms with Crippen molar-refractivity contribution in [2.75, 3.05) is 6.61 Å². The first-order valence-electron chi connectivity index (χ1n) is 8.43. The first-order valence-corrected chi connectivity index (χ1v) is 9.98. The number of sulfone groups is 1. The molecule has 1 aliphatic carbocycles. The van der Waals surface area contributed by atoms with E-state index in [1.807, 2.05) is 13.0 Å². The maximum atomic E-state index is 13.3. The molecule has 27 heavy (non-hydrogen) atoms. The van der Waals surface area contributed by atoms with E-state index in [9.17, 15) is 22.9 Å². The zero-order chi connectivity index (χ0) is 19.8. The summed E-state index contributed by atoms with van der Waals surface area (Å²) in [6.07, 6.45) is 0. The normalized spacial score (nSPS) is 24.1. The molecule has 0 aromatic heterocycles. The molecule has 1 saturated carbocycles. The highest BCUT2D eigenvalue weighted by atomic mass is 32.2. The molecule has 2 aromatic rings. The lowest BCUT2D eigenvalue weighted by Crippen LogP contribution is -2.25. The van der Waals surface area contributed by atoms with Gasteiger partial charge in [-0.25, -0.2) is 12.8 Å². The molecule has 2 aromatic carbocycles. The fourth-order valence-electron chi connectivity index (χ4n) is 3.43. The Hall–Kier alpha value is -2.72. The predicted octanol–water partition coefficient (Wildman–Crippen LogP) is 3.15. The molecule has 0 N–H and O–H groups in total. The van der Waals surface area contributed by atoms with Crippen LogP contribution in [0.4, 0.5) is 4.39 Å². The summed E-state index contributed by atoms with van der Waals surface area (Å²) < 4.78 is 44.7. The van der Waals surface area contributed by atoms with Crippen molar-refractivity contribution in [3.05, 3.63) is 65.5 Å². The van der Waals surface area contributed by atoms with Crippen LogP contribution in [0.1, 0.15) is 24.0 Å². The maximum absolute atomic E-state index is 13.3. The number of aryl methyl sites for hydroxylation is 1. The monoisotopic (exact) mass is 387 g/mol. The molecule has 0 unspecified atom stereocenters. The van der Waals surface area contributed by atoms with E-state index in [0.29, 0.717) is 5.56 Å². The second kappa shape index (κ2) is 6.78. The van der Waals surface area contributed by atoms with Gasteiger partial charge >= 0.3 is 5.97 Å². The molecule has 5 nitrogen and oxygen atoms in total. The molecule has 3 rings (SSSR count). The molecule has 1 aliphatic rings. The van der Waals surface area contributed by atoms with Crippen LogP contribution in [-0.2, 0) is 19.4 Å². The van der Waals surface area contributed by atoms with Crippen LogP contribution >= 0.6 is 0 Å². The quantitative estimate of drug-likeness (QED) is 0.736. The average molecular weight is 387 g/mol. The lowest BCUT2D eigenvalue weighted by atomic mass is 10.0. The minimum Gasteiger partial charge on any atom is -0.465 e. The van der Waals surface area contributed by atoms with Crippen molar-refractivity contribution >= 4 is 15.8 Å². The van der Waals surface area contributed by atoms with E-state index in [1.165, 1.54) is 36.4 Å². The Labute approximate surface area is 157 Å². The van der Waals surface area contributed by atoms with E-state index in [1.54, 1.807) is 19.1 Å². The van der Waals surface area contributed by atoms with Crippen LogP contribution in [0, 0.1) is 29.5 Å². The first kappa shape index (κ1) is 19.1. The topological polar surface area (TPSA) is 84.2 Å². The predicted molar refractivity (Wildman–Crippen MR) is 96.0 cm³/mol. The maximum Gasteiger partial charge on any atom is 0.328 e. The molecule has 0 saturated heterocycles. The number of halogens is 1. The molecule has 140 valence electrons. The van der Waals surface area contributed by atoms with Crippen LogP contribution in [0.15, 0.2) is 53.4 Å². The number of nitriles is 1. The molecule has 7 heteroatoms. The van der Waals surface area contributed by atoms with E-state index >= 15 is 0 Å². The Morgan fingerprint density at radius 3 is 2.30 bits per heavy atom. The standard InChI is InChI=1S/C20H18FNO4S/c1-3-26-19(23)20(12-22)17(14-6-8-15(21)9-7-14)18(20)27(24,25)16-10-4-13(2)5-11-16/h4-11,17-18H,3H2,1-2H3/t17-,18+,20+/m1/s1. The Morgan fingerprint density at radius 2 is 1.78 bits per heavy atom. The summed E-state index contributed by atoms with van der Waals surface area (Å²) in [4.78, 5) is 12.6. The van der Waals surface area contributed by atoms with Crippen molar-refractivity contribution in [1.29, 1.82) is 5.26 Å². The lowest BCUT2D eigenvalue weighted by molar-refractivity contribution is -0.147. The molecular formula is C20H18FNO4S. The van der Waals surface area contributed by atoms with E-state index in [2.05, 4.69) is 0 Å². The van der Waals surface area contributed by atoms with Gasteiger partial charge in [0.1, 0.15) is 11.1 Å². The smallest absolute Gasteiger partial charge is 0.328 e. The highest BCUT2D eigenvalue weighted by molar-refractivity contribution is 7.92. The van der Waals surface area contributed by atoms with Gasteiger partial charge in [-0.1, -0.05) is 29.8 Å². The van der Waals surface area contributed by atoms with Gasteiger partial charge in [0.25, 0.3) is 0 Å². The third-order valence-corrected chi connectivity index (χ3v) is 7.09. The highest BCUT2D eigenvalue weighted by Crippen LogP contribution is 2.64. The Kier molecular flexibility index (Phi) is 4.79. The summed E-state index contributed by atoms with van der Waals surface area (Å²) in [7, 11) is -3.99. The zero-order valence-corrected chi connectivity index (χ0v) is 15.7. The van der Waals surface area contributed by atoms with Crippen LogP contribution in [0.3, 0.4) is 0 Å². The van der Waals surface area contributed by atoms with Crippen molar-refractivity contribution in [2.45, 2.75) is 29.9 Å². The van der Waals surface area contributed by atoms with Crippen molar-refractivity contribution in [2.24, 2.45) is 5.41 Å². The van der Waals surface area contributed by atoms with Gasteiger partial charge in [-0.2, -0.15) is 5.26 Å². The minimum absolute atomic E-state index is 0.0235. The largest absolute Gasteiger partial charge is 0.465 e. The van der Waals surface area contributed by atoms with Crippen molar-refractivity contribution < 1.29 is 22.3 Å². The second-order valence-electron chi connectivity index (χ2n) is 6.51. The van der Waals surface area contributed by atoms with Crippen LogP contribution in [0.25, 0.3) is 0 Å². The Balaban J connectivity index is 2.12. The number of benzene rings is 2. The SMILES string of the molecule is CCOC(=O)[C@@]1(C#N)[C@H](c2ccc(F)cc2)[C@@H]1S(=O)(=O)c1ccc(C)cc1. The molecule has 0 amide bonds. The highest BCUT2D eigenvalue weighted by Gasteiger charge is 2.77. The van der Waals surface area contributed by atoms with Gasteiger partial charge < -0.3 is 4.74 Å². The summed E-state index contributed by atoms with van der Waals surface area (Å²) in [5.41, 5.74) is -0.555. The molecular weight excluding hydrogens is 369 g/mol. The van der Waals surface area contributed by atoms with Gasteiger partial charge in [0, 0.05) is 5.92 Å². The fourth-order valence-corrected chi connectivity index (χ4v) is 5.68. The second-order valence-corrected chi connectivity index (χ2v) is 8.58. The zero-order valence-electron chi connectivity index (χ0n) is 14.8. The molecule has 3 atom stereocenters. The Bertz CT molecular complexity index is 1010. The van der Waals surface area contributed by atoms with E-state index in [-0.39, 0.29) is 11.5 Å². The van der Waals surface area contributed by atoms with Crippen molar-refractivity contribution in [3.8, 4) is 6.07 Å². The number of carbonyl (C=O) groups excluding carboxylic acids is 1. The number of nitrogens with zero attached hydrogens (tertiary/aromatic N) is 1. The summed E-state index contributed by atoms with van der Waals surface area (Å²) in [5, 5.41) is 8.49. The lowest BCUT2D eigenvalue weighted by Gasteiger charge is -2.09. The number of carbonyl (C=O) groups is 1. The number of esters is 1. The van der Waals surface area contributed by atoms with E-state index < -0.39 is 38.2 Å². The molecule has 1 fully saturated rings. The van der Waals surface area contributed by atoms with Gasteiger partial charge in [0.2, 0.25) is 0 Å². The van der Waals surface area contributed by atoms with Gasteiger partial charge in [0.05, 0.1) is 17.6 Å². The summed E-state index contributed by atoms with van der Waals surface area (Å²) in [5.74, 6) is -2.29. The van der Waals surface area contributed by atoms with Gasteiger partial charge in [-0.3, -0.25) is 4.79 Å². The van der Waals surface area contributed by atoms with Gasteiger partial charge in [-0.05, 0) is 43.7 Å². The molecule has 0 spiro atoms. The van der Waals surface area contributed by atoms with Crippen LogP contribution in [0.2, 0.25) is 0 Å². The minimum atomic E-state index is -3.99. The summed E-state index contributed by atoms with van der Waals surface area (Å²) in [6.45, 7) is 3.43. The third-order valence-electron chi connectivity index (χ3n) is 4.84. The van der Waals surface area contributed by atoms with Crippen LogP contribution in [0.5, 0.6) is 0 Å². The average Bonchev–Trinajstić information content (AvgIpc) is 3.34. The number of ether oxygens (including phenoxy) is 1. The molecule has 0 radical (unpaired) electrons. The number of rotatable bonds is 5. The molecule has 0 bridgehead atoms. The third kappa shape index (κ3) is 3.00. The first-order chi connectivity index (χ1) is 12.8. The van der Waals surface area contributed by atoms with E-state index in [4.69, 9.17) is 4.74 Å². The van der Waals surface area contributed by atoms with Crippen LogP contribution < -0.4 is 0 Å². The summed E-state index contributed by atoms with van der Waals surface area (Å²) in [6, 6.07) is 13.3. The van der Waals surface area contributed by atoms with Gasteiger partial charge in [0.15, 0.2) is 15.3 Å². The number of hydrogen-bond acceptors (Lipinski definition) is 5. The number of hydrogen-bond donors (Lipinski definition) is 0. The van der Waals surface area contributed by atoms with Crippen molar-refractivity contribution in [1.82, 2.24) is 0 Å². The molecule has 0 aliphatic heterocycles. The fraction of sp³-hybridized carbons (Fsp3) is 0.300. The Morgan fingerprint density at radius 1 is 1.19 bits per heavy atom. The van der Waals surface area contributed by atoms with Crippen molar-refractivity contribution in [3.63, 3.8) is 0 Å². The van der Waals surface area contributed by atoms with Gasteiger partial charge in [-0.15, -0.1) is 0 Å². The molecule has 0 heterocycles. The van der Waals surface area contributed by atoms with Crippen LogP contribution in [-0.4, -0.2) is 26.2 Å². The summed E-state index contributed by atoms with van der Waals surface area (Å²) >= 11 is 0.